The van der Waals surface area contributed by atoms with Gasteiger partial charge in [-0.05, 0) is 50.6 Å². The Morgan fingerprint density at radius 1 is 1.12 bits per heavy atom. The molecule has 1 aliphatic heterocycles. The van der Waals surface area contributed by atoms with Gasteiger partial charge in [0.2, 0.25) is 5.90 Å². The zero-order valence-corrected chi connectivity index (χ0v) is 17.1. The van der Waals surface area contributed by atoms with Crippen LogP contribution in [0, 0.1) is 0 Å². The molecule has 1 aromatic carbocycles. The van der Waals surface area contributed by atoms with Crippen molar-refractivity contribution in [2.45, 2.75) is 76.7 Å². The van der Waals surface area contributed by atoms with Crippen LogP contribution in [0.15, 0.2) is 28.1 Å². The summed E-state index contributed by atoms with van der Waals surface area (Å²) in [6.07, 6.45) is 7.32. The smallest absolute Gasteiger partial charge is 0.216 e. The highest BCUT2D eigenvalue weighted by molar-refractivity contribution is 7.99. The third kappa shape index (κ3) is 6.58. The van der Waals surface area contributed by atoms with E-state index in [9.17, 15) is 0 Å². The molecular formula is C21H33NO2S. The highest BCUT2D eigenvalue weighted by atomic mass is 32.2. The molecular weight excluding hydrogens is 330 g/mol. The molecule has 0 fully saturated rings. The molecule has 0 saturated heterocycles. The normalized spacial score (nSPS) is 15.8. The Labute approximate surface area is 157 Å². The third-order valence-electron chi connectivity index (χ3n) is 4.17. The van der Waals surface area contributed by atoms with Crippen LogP contribution in [0.2, 0.25) is 0 Å². The number of nitrogens with zero attached hydrogens (tertiary/aromatic N) is 1. The summed E-state index contributed by atoms with van der Waals surface area (Å²) in [5, 5.41) is 0. The number of ether oxygens (including phenoxy) is 2. The number of aliphatic imine (C=N–C) groups is 1. The Kier molecular flexibility index (Phi) is 8.14. The van der Waals surface area contributed by atoms with E-state index in [1.165, 1.54) is 37.0 Å². The predicted octanol–water partition coefficient (Wildman–Crippen LogP) is 6.09. The summed E-state index contributed by atoms with van der Waals surface area (Å²) in [7, 11) is 0. The second-order valence-corrected chi connectivity index (χ2v) is 8.43. The number of unbranched alkanes of at least 4 members (excludes halogenated alkanes) is 4. The van der Waals surface area contributed by atoms with Gasteiger partial charge in [0.05, 0.1) is 17.0 Å². The molecule has 0 spiro atoms. The number of hydrogen-bond acceptors (Lipinski definition) is 4. The van der Waals surface area contributed by atoms with E-state index in [1.54, 1.807) is 0 Å². The first-order valence-corrected chi connectivity index (χ1v) is 10.7. The van der Waals surface area contributed by atoms with E-state index in [4.69, 9.17) is 14.5 Å². The summed E-state index contributed by atoms with van der Waals surface area (Å²) in [6, 6.07) is 6.35. The Morgan fingerprint density at radius 2 is 1.88 bits per heavy atom. The van der Waals surface area contributed by atoms with Gasteiger partial charge in [-0.1, -0.05) is 39.5 Å². The first-order chi connectivity index (χ1) is 12.1. The van der Waals surface area contributed by atoms with Crippen LogP contribution in [0.1, 0.15) is 71.8 Å². The van der Waals surface area contributed by atoms with Crippen molar-refractivity contribution in [1.29, 1.82) is 0 Å². The lowest BCUT2D eigenvalue weighted by Gasteiger charge is -2.13. The van der Waals surface area contributed by atoms with Gasteiger partial charge in [-0.2, -0.15) is 0 Å². The molecule has 0 unspecified atom stereocenters. The Balaban J connectivity index is 2.09. The van der Waals surface area contributed by atoms with Crippen LogP contribution in [0.5, 0.6) is 5.75 Å². The maximum atomic E-state index is 6.05. The molecule has 140 valence electrons. The average Bonchev–Trinajstić information content (AvgIpc) is 2.96. The molecule has 3 nitrogen and oxygen atoms in total. The zero-order valence-electron chi connectivity index (χ0n) is 16.3. The molecule has 1 heterocycles. The van der Waals surface area contributed by atoms with Gasteiger partial charge in [-0.3, -0.25) is 0 Å². The lowest BCUT2D eigenvalue weighted by Crippen LogP contribution is -2.17. The minimum absolute atomic E-state index is 0.126. The van der Waals surface area contributed by atoms with Crippen molar-refractivity contribution in [1.82, 2.24) is 0 Å². The summed E-state index contributed by atoms with van der Waals surface area (Å²) in [6.45, 7) is 10.1. The summed E-state index contributed by atoms with van der Waals surface area (Å²) in [5.41, 5.74) is 0.934. The van der Waals surface area contributed by atoms with E-state index >= 15 is 0 Å². The Hall–Kier alpha value is -1.16. The molecule has 0 atom stereocenters. The van der Waals surface area contributed by atoms with Gasteiger partial charge >= 0.3 is 0 Å². The van der Waals surface area contributed by atoms with Crippen LogP contribution in [0.4, 0.5) is 0 Å². The Morgan fingerprint density at radius 3 is 2.56 bits per heavy atom. The summed E-state index contributed by atoms with van der Waals surface area (Å²) in [4.78, 5) is 5.91. The fourth-order valence-electron chi connectivity index (χ4n) is 2.67. The molecule has 1 aromatic rings. The summed E-state index contributed by atoms with van der Waals surface area (Å²) >= 11 is 1.89. The average molecular weight is 364 g/mol. The third-order valence-corrected chi connectivity index (χ3v) is 5.29. The molecule has 0 aliphatic carbocycles. The van der Waals surface area contributed by atoms with Crippen LogP contribution in [-0.4, -0.2) is 30.4 Å². The molecule has 0 amide bonds. The quantitative estimate of drug-likeness (QED) is 0.352. The van der Waals surface area contributed by atoms with Crippen molar-refractivity contribution in [2.75, 3.05) is 19.0 Å². The number of rotatable bonds is 11. The molecule has 25 heavy (non-hydrogen) atoms. The standard InChI is InChI=1S/C21H33NO2S/c1-5-7-9-13-23-18-12-11-17(20-22-21(3,4)16-24-20)15-19(18)25-14-10-8-6-2/h11-12,15H,5-10,13-14,16H2,1-4H3. The highest BCUT2D eigenvalue weighted by Crippen LogP contribution is 2.33. The molecule has 0 radical (unpaired) electrons. The number of thioether (sulfide) groups is 1. The van der Waals surface area contributed by atoms with Gasteiger partial charge in [-0.25, -0.2) is 4.99 Å². The second kappa shape index (κ2) is 10.1. The maximum absolute atomic E-state index is 6.05. The first-order valence-electron chi connectivity index (χ1n) is 9.68. The molecule has 0 saturated carbocycles. The fraction of sp³-hybridized carbons (Fsp3) is 0.667. The topological polar surface area (TPSA) is 30.8 Å². The highest BCUT2D eigenvalue weighted by Gasteiger charge is 2.27. The van der Waals surface area contributed by atoms with E-state index in [1.807, 2.05) is 11.8 Å². The minimum Gasteiger partial charge on any atom is -0.492 e. The monoisotopic (exact) mass is 363 g/mol. The van der Waals surface area contributed by atoms with Crippen molar-refractivity contribution >= 4 is 17.7 Å². The summed E-state index contributed by atoms with van der Waals surface area (Å²) in [5.74, 6) is 2.89. The van der Waals surface area contributed by atoms with Gasteiger partial charge in [0.1, 0.15) is 12.4 Å². The van der Waals surface area contributed by atoms with Crippen molar-refractivity contribution < 1.29 is 9.47 Å². The first kappa shape index (κ1) is 20.2. The molecule has 4 heteroatoms. The van der Waals surface area contributed by atoms with E-state index in [-0.39, 0.29) is 5.54 Å². The van der Waals surface area contributed by atoms with Gasteiger partial charge in [0.15, 0.2) is 0 Å². The van der Waals surface area contributed by atoms with Crippen LogP contribution in [0.25, 0.3) is 0 Å². The van der Waals surface area contributed by atoms with Gasteiger partial charge < -0.3 is 9.47 Å². The SMILES string of the molecule is CCCCCOc1ccc(C2=NC(C)(C)CO2)cc1SCCCCC. The van der Waals surface area contributed by atoms with Crippen LogP contribution in [0.3, 0.4) is 0 Å². The lowest BCUT2D eigenvalue weighted by atomic mass is 10.1. The predicted molar refractivity (Wildman–Crippen MR) is 108 cm³/mol. The fourth-order valence-corrected chi connectivity index (χ4v) is 3.72. The lowest BCUT2D eigenvalue weighted by molar-refractivity contribution is 0.279. The van der Waals surface area contributed by atoms with Crippen molar-refractivity contribution in [3.05, 3.63) is 23.8 Å². The van der Waals surface area contributed by atoms with Crippen molar-refractivity contribution in [2.24, 2.45) is 4.99 Å². The molecule has 0 aromatic heterocycles. The largest absolute Gasteiger partial charge is 0.492 e. The van der Waals surface area contributed by atoms with Crippen LogP contribution >= 0.6 is 11.8 Å². The zero-order chi connectivity index (χ0) is 18.1. The van der Waals surface area contributed by atoms with Gasteiger partial charge in [0, 0.05) is 5.56 Å². The van der Waals surface area contributed by atoms with E-state index in [0.717, 1.165) is 36.0 Å². The van der Waals surface area contributed by atoms with Crippen LogP contribution in [-0.2, 0) is 4.74 Å². The van der Waals surface area contributed by atoms with E-state index < -0.39 is 0 Å². The van der Waals surface area contributed by atoms with E-state index in [2.05, 4.69) is 45.9 Å². The Bertz CT molecular complexity index is 569. The van der Waals surface area contributed by atoms with Gasteiger partial charge in [0.25, 0.3) is 0 Å². The molecule has 1 aliphatic rings. The van der Waals surface area contributed by atoms with Crippen LogP contribution < -0.4 is 4.74 Å². The van der Waals surface area contributed by atoms with Crippen molar-refractivity contribution in [3.8, 4) is 5.75 Å². The number of hydrogen-bond donors (Lipinski definition) is 0. The van der Waals surface area contributed by atoms with E-state index in [0.29, 0.717) is 6.61 Å². The van der Waals surface area contributed by atoms with Gasteiger partial charge in [-0.15, -0.1) is 11.8 Å². The molecule has 2 rings (SSSR count). The number of benzene rings is 1. The summed E-state index contributed by atoms with van der Waals surface area (Å²) < 4.78 is 11.9. The molecule has 0 bridgehead atoms. The maximum Gasteiger partial charge on any atom is 0.216 e. The second-order valence-electron chi connectivity index (χ2n) is 7.29. The van der Waals surface area contributed by atoms with Crippen molar-refractivity contribution in [3.63, 3.8) is 0 Å². The minimum atomic E-state index is -0.126. The molecule has 0 N–H and O–H groups in total.